The van der Waals surface area contributed by atoms with Crippen LogP contribution >= 0.6 is 0 Å². The molecule has 0 aliphatic carbocycles. The summed E-state index contributed by atoms with van der Waals surface area (Å²) in [6.45, 7) is 0. The first-order valence-corrected chi connectivity index (χ1v) is 7.13. The van der Waals surface area contributed by atoms with Crippen molar-refractivity contribution in [2.75, 3.05) is 0 Å². The van der Waals surface area contributed by atoms with E-state index in [4.69, 9.17) is 16.3 Å². The first-order valence-electron chi connectivity index (χ1n) is 7.13. The van der Waals surface area contributed by atoms with Crippen LogP contribution in [0.1, 0.15) is 27.0 Å². The summed E-state index contributed by atoms with van der Waals surface area (Å²) in [5, 5.41) is 20.1. The molecule has 0 saturated carbocycles. The molecule has 2 aromatic rings. The van der Waals surface area contributed by atoms with Crippen molar-refractivity contribution < 1.29 is 9.59 Å². The predicted octanol–water partition coefficient (Wildman–Crippen LogP) is 1.26. The standard InChI is InChI=1S/C18H14N4O2/c19-10-13-3-1-12(2-4-13)9-16(17(21)23)22-18(24)15-7-5-14(11-20)6-8-15/h1-8,16H,9H2,(H2,21,23)(H,22,24)/t16-/m1/s1. The molecule has 118 valence electrons. The molecule has 0 bridgehead atoms. The average Bonchev–Trinajstić information content (AvgIpc) is 2.61. The summed E-state index contributed by atoms with van der Waals surface area (Å²) in [7, 11) is 0. The van der Waals surface area contributed by atoms with E-state index in [2.05, 4.69) is 5.32 Å². The van der Waals surface area contributed by atoms with Gasteiger partial charge >= 0.3 is 0 Å². The number of hydrogen-bond donors (Lipinski definition) is 2. The van der Waals surface area contributed by atoms with Crippen LogP contribution in [0, 0.1) is 22.7 Å². The van der Waals surface area contributed by atoms with Crippen LogP contribution in [0.2, 0.25) is 0 Å². The molecule has 0 heterocycles. The van der Waals surface area contributed by atoms with Gasteiger partial charge in [-0.25, -0.2) is 0 Å². The third-order valence-corrected chi connectivity index (χ3v) is 3.45. The fourth-order valence-electron chi connectivity index (χ4n) is 2.11. The summed E-state index contributed by atoms with van der Waals surface area (Å²) in [5.74, 6) is -1.10. The molecule has 0 radical (unpaired) electrons. The lowest BCUT2D eigenvalue weighted by Crippen LogP contribution is -2.45. The molecule has 0 fully saturated rings. The fourth-order valence-corrected chi connectivity index (χ4v) is 2.11. The molecule has 0 unspecified atom stereocenters. The van der Waals surface area contributed by atoms with Crippen molar-refractivity contribution >= 4 is 11.8 Å². The largest absolute Gasteiger partial charge is 0.368 e. The lowest BCUT2D eigenvalue weighted by atomic mass is 10.0. The maximum Gasteiger partial charge on any atom is 0.251 e. The first kappa shape index (κ1) is 16.7. The number of nitriles is 2. The zero-order valence-corrected chi connectivity index (χ0v) is 12.7. The van der Waals surface area contributed by atoms with Gasteiger partial charge in [0.25, 0.3) is 5.91 Å². The maximum atomic E-state index is 12.2. The van der Waals surface area contributed by atoms with Gasteiger partial charge in [0.2, 0.25) is 5.91 Å². The molecule has 3 N–H and O–H groups in total. The molecular formula is C18H14N4O2. The molecular weight excluding hydrogens is 304 g/mol. The highest BCUT2D eigenvalue weighted by Gasteiger charge is 2.19. The van der Waals surface area contributed by atoms with Crippen LogP contribution in [-0.4, -0.2) is 17.9 Å². The average molecular weight is 318 g/mol. The Balaban J connectivity index is 2.09. The van der Waals surface area contributed by atoms with Gasteiger partial charge in [-0.2, -0.15) is 10.5 Å². The molecule has 6 nitrogen and oxygen atoms in total. The van der Waals surface area contributed by atoms with Crippen molar-refractivity contribution in [1.82, 2.24) is 5.32 Å². The molecule has 0 aliphatic heterocycles. The Morgan fingerprint density at radius 3 is 1.92 bits per heavy atom. The summed E-state index contributed by atoms with van der Waals surface area (Å²) < 4.78 is 0. The quantitative estimate of drug-likeness (QED) is 0.862. The molecule has 0 spiro atoms. The summed E-state index contributed by atoms with van der Waals surface area (Å²) in [4.78, 5) is 23.8. The highest BCUT2D eigenvalue weighted by Crippen LogP contribution is 2.08. The van der Waals surface area contributed by atoms with Crippen LogP contribution in [0.5, 0.6) is 0 Å². The Labute approximate surface area is 139 Å². The van der Waals surface area contributed by atoms with Crippen LogP contribution in [0.3, 0.4) is 0 Å². The fraction of sp³-hybridized carbons (Fsp3) is 0.111. The van der Waals surface area contributed by atoms with E-state index in [1.165, 1.54) is 24.3 Å². The van der Waals surface area contributed by atoms with E-state index >= 15 is 0 Å². The topological polar surface area (TPSA) is 120 Å². The second-order valence-electron chi connectivity index (χ2n) is 5.13. The molecule has 24 heavy (non-hydrogen) atoms. The molecule has 0 aromatic heterocycles. The Bertz CT molecular complexity index is 827. The second kappa shape index (κ2) is 7.57. The van der Waals surface area contributed by atoms with Gasteiger partial charge in [-0.1, -0.05) is 12.1 Å². The summed E-state index contributed by atoms with van der Waals surface area (Å²) in [6, 6.07) is 15.9. The van der Waals surface area contributed by atoms with Gasteiger partial charge in [-0.15, -0.1) is 0 Å². The number of carbonyl (C=O) groups excluding carboxylic acids is 2. The number of carbonyl (C=O) groups is 2. The van der Waals surface area contributed by atoms with Gasteiger partial charge in [0, 0.05) is 12.0 Å². The third kappa shape index (κ3) is 4.19. The van der Waals surface area contributed by atoms with Crippen LogP contribution < -0.4 is 11.1 Å². The number of hydrogen-bond acceptors (Lipinski definition) is 4. The van der Waals surface area contributed by atoms with Crippen LogP contribution in [-0.2, 0) is 11.2 Å². The molecule has 6 heteroatoms. The number of benzene rings is 2. The monoisotopic (exact) mass is 318 g/mol. The Hall–Kier alpha value is -3.64. The summed E-state index contributed by atoms with van der Waals surface area (Å²) in [6.07, 6.45) is 0.225. The summed E-state index contributed by atoms with van der Waals surface area (Å²) in [5.41, 5.74) is 7.42. The van der Waals surface area contributed by atoms with Gasteiger partial charge in [-0.3, -0.25) is 9.59 Å². The van der Waals surface area contributed by atoms with Gasteiger partial charge < -0.3 is 11.1 Å². The molecule has 0 aliphatic rings. The van der Waals surface area contributed by atoms with Crippen molar-refractivity contribution in [3.05, 3.63) is 70.8 Å². The number of nitrogens with one attached hydrogen (secondary N) is 1. The van der Waals surface area contributed by atoms with Crippen LogP contribution in [0.25, 0.3) is 0 Å². The van der Waals surface area contributed by atoms with E-state index in [1.807, 2.05) is 12.1 Å². The van der Waals surface area contributed by atoms with E-state index < -0.39 is 17.9 Å². The molecule has 2 aromatic carbocycles. The number of nitrogens with two attached hydrogens (primary N) is 1. The minimum atomic E-state index is -0.874. The Morgan fingerprint density at radius 2 is 1.46 bits per heavy atom. The van der Waals surface area contributed by atoms with E-state index in [9.17, 15) is 9.59 Å². The van der Waals surface area contributed by atoms with Crippen molar-refractivity contribution in [2.45, 2.75) is 12.5 Å². The molecule has 2 amide bonds. The number of primary amides is 1. The zero-order valence-electron chi connectivity index (χ0n) is 12.7. The normalized spacial score (nSPS) is 10.9. The molecule has 1 atom stereocenters. The first-order chi connectivity index (χ1) is 11.5. The lowest BCUT2D eigenvalue weighted by Gasteiger charge is -2.15. The van der Waals surface area contributed by atoms with Crippen molar-refractivity contribution in [2.24, 2.45) is 5.73 Å². The summed E-state index contributed by atoms with van der Waals surface area (Å²) >= 11 is 0. The van der Waals surface area contributed by atoms with E-state index in [1.54, 1.807) is 24.3 Å². The lowest BCUT2D eigenvalue weighted by molar-refractivity contribution is -0.119. The van der Waals surface area contributed by atoms with Crippen molar-refractivity contribution in [1.29, 1.82) is 10.5 Å². The second-order valence-corrected chi connectivity index (χ2v) is 5.13. The number of nitrogens with zero attached hydrogens (tertiary/aromatic N) is 2. The smallest absolute Gasteiger partial charge is 0.251 e. The maximum absolute atomic E-state index is 12.2. The zero-order chi connectivity index (χ0) is 17.5. The van der Waals surface area contributed by atoms with E-state index in [0.29, 0.717) is 16.7 Å². The van der Waals surface area contributed by atoms with Crippen LogP contribution in [0.15, 0.2) is 48.5 Å². The predicted molar refractivity (Wildman–Crippen MR) is 86.5 cm³/mol. The molecule has 0 saturated heterocycles. The van der Waals surface area contributed by atoms with Gasteiger partial charge in [0.1, 0.15) is 6.04 Å². The Kier molecular flexibility index (Phi) is 5.28. The minimum absolute atomic E-state index is 0.225. The van der Waals surface area contributed by atoms with Crippen molar-refractivity contribution in [3.8, 4) is 12.1 Å². The minimum Gasteiger partial charge on any atom is -0.368 e. The number of rotatable bonds is 5. The highest BCUT2D eigenvalue weighted by molar-refractivity contribution is 5.97. The molecule has 2 rings (SSSR count). The van der Waals surface area contributed by atoms with E-state index in [0.717, 1.165) is 5.56 Å². The van der Waals surface area contributed by atoms with E-state index in [-0.39, 0.29) is 6.42 Å². The Morgan fingerprint density at radius 1 is 0.958 bits per heavy atom. The van der Waals surface area contributed by atoms with Crippen LogP contribution in [0.4, 0.5) is 0 Å². The van der Waals surface area contributed by atoms with Gasteiger partial charge in [0.15, 0.2) is 0 Å². The van der Waals surface area contributed by atoms with Gasteiger partial charge in [-0.05, 0) is 42.0 Å². The van der Waals surface area contributed by atoms with Crippen molar-refractivity contribution in [3.63, 3.8) is 0 Å². The van der Waals surface area contributed by atoms with Gasteiger partial charge in [0.05, 0.1) is 23.3 Å². The SMILES string of the molecule is N#Cc1ccc(C[C@@H](NC(=O)c2ccc(C#N)cc2)C(N)=O)cc1. The number of amides is 2. The highest BCUT2D eigenvalue weighted by atomic mass is 16.2. The third-order valence-electron chi connectivity index (χ3n) is 3.45.